The number of carbonyl (C=O) groups is 3. The second-order valence-electron chi connectivity index (χ2n) is 7.70. The highest BCUT2D eigenvalue weighted by molar-refractivity contribution is 5.97. The Morgan fingerprint density at radius 1 is 1.09 bits per heavy atom. The lowest BCUT2D eigenvalue weighted by molar-refractivity contribution is -0.137. The lowest BCUT2D eigenvalue weighted by Gasteiger charge is -2.23. The Morgan fingerprint density at radius 3 is 2.59 bits per heavy atom. The van der Waals surface area contributed by atoms with Gasteiger partial charge >= 0.3 is 0 Å². The molecule has 0 spiro atoms. The van der Waals surface area contributed by atoms with E-state index in [0.717, 1.165) is 0 Å². The summed E-state index contributed by atoms with van der Waals surface area (Å²) in [6.07, 6.45) is 0.464. The first-order valence-electron chi connectivity index (χ1n) is 11.0. The van der Waals surface area contributed by atoms with Crippen LogP contribution in [-0.4, -0.2) is 77.5 Å². The Hall–Kier alpha value is -4.15. The molecule has 11 heteroatoms. The van der Waals surface area contributed by atoms with Crippen molar-refractivity contribution >= 4 is 28.8 Å². The van der Waals surface area contributed by atoms with Crippen molar-refractivity contribution in [2.45, 2.75) is 13.0 Å². The normalized spacial score (nSPS) is 15.5. The number of nitrogens with one attached hydrogen (secondary N) is 2. The fourth-order valence-corrected chi connectivity index (χ4v) is 3.57. The second kappa shape index (κ2) is 10.6. The van der Waals surface area contributed by atoms with Gasteiger partial charge in [-0.05, 0) is 30.7 Å². The molecule has 0 radical (unpaired) electrons. The molecule has 0 atom stereocenters. The zero-order chi connectivity index (χ0) is 23.9. The first-order chi connectivity index (χ1) is 16.5. The summed E-state index contributed by atoms with van der Waals surface area (Å²) in [5, 5.41) is 14.2. The molecular weight excluding hydrogens is 440 g/mol. The molecule has 3 amide bonds. The first-order valence-corrected chi connectivity index (χ1v) is 11.0. The molecule has 2 N–H and O–H groups in total. The molecule has 0 saturated heterocycles. The summed E-state index contributed by atoms with van der Waals surface area (Å²) in [4.78, 5) is 40.9. The quantitative estimate of drug-likeness (QED) is 0.579. The third kappa shape index (κ3) is 5.61. The maximum absolute atomic E-state index is 12.9. The smallest absolute Gasteiger partial charge is 0.255 e. The van der Waals surface area contributed by atoms with E-state index in [2.05, 4.69) is 20.8 Å². The third-order valence-corrected chi connectivity index (χ3v) is 5.30. The van der Waals surface area contributed by atoms with E-state index in [1.807, 2.05) is 24.3 Å². The van der Waals surface area contributed by atoms with Gasteiger partial charge in [-0.25, -0.2) is 0 Å². The third-order valence-electron chi connectivity index (χ3n) is 5.30. The summed E-state index contributed by atoms with van der Waals surface area (Å²) >= 11 is 0. The summed E-state index contributed by atoms with van der Waals surface area (Å²) < 4.78 is 10.9. The van der Waals surface area contributed by atoms with Gasteiger partial charge in [0, 0.05) is 19.2 Å². The molecule has 2 heterocycles. The van der Waals surface area contributed by atoms with E-state index >= 15 is 0 Å². The van der Waals surface area contributed by atoms with Crippen LogP contribution in [0, 0.1) is 0 Å². The van der Waals surface area contributed by atoms with E-state index in [9.17, 15) is 14.4 Å². The Morgan fingerprint density at radius 2 is 1.85 bits per heavy atom. The number of benzene rings is 2. The average molecular weight is 466 g/mol. The molecule has 4 rings (SSSR count). The highest BCUT2D eigenvalue weighted by atomic mass is 16.5. The predicted octanol–water partition coefficient (Wildman–Crippen LogP) is 0.597. The van der Waals surface area contributed by atoms with Gasteiger partial charge in [0.25, 0.3) is 5.91 Å². The maximum atomic E-state index is 12.9. The van der Waals surface area contributed by atoms with Crippen LogP contribution in [-0.2, 0) is 16.1 Å². The van der Waals surface area contributed by atoms with Crippen molar-refractivity contribution in [1.29, 1.82) is 0 Å². The second-order valence-corrected chi connectivity index (χ2v) is 7.70. The fraction of sp³-hybridized carbons (Fsp3) is 0.348. The van der Waals surface area contributed by atoms with E-state index < -0.39 is 0 Å². The van der Waals surface area contributed by atoms with Crippen molar-refractivity contribution < 1.29 is 23.9 Å². The van der Waals surface area contributed by atoms with Gasteiger partial charge in [0.2, 0.25) is 11.8 Å². The SMILES string of the molecule is COc1ccc2c(c1)OCCNC(=O)CN(C(=O)Cn1nc3ccccc3n1)CCCNC2=O. The number of ether oxygens (including phenoxy) is 2. The van der Waals surface area contributed by atoms with Gasteiger partial charge in [-0.2, -0.15) is 15.0 Å². The summed E-state index contributed by atoms with van der Waals surface area (Å²) in [6, 6.07) is 12.3. The number of amides is 3. The van der Waals surface area contributed by atoms with Crippen LogP contribution in [0.2, 0.25) is 0 Å². The van der Waals surface area contributed by atoms with E-state index in [4.69, 9.17) is 9.47 Å². The van der Waals surface area contributed by atoms with Gasteiger partial charge in [-0.15, -0.1) is 0 Å². The molecule has 0 aliphatic carbocycles. The molecule has 0 unspecified atom stereocenters. The van der Waals surface area contributed by atoms with E-state index in [1.54, 1.807) is 18.2 Å². The Balaban J connectivity index is 1.44. The largest absolute Gasteiger partial charge is 0.497 e. The monoisotopic (exact) mass is 466 g/mol. The predicted molar refractivity (Wildman–Crippen MR) is 123 cm³/mol. The van der Waals surface area contributed by atoms with Gasteiger partial charge in [0.15, 0.2) is 0 Å². The number of nitrogens with zero attached hydrogens (tertiary/aromatic N) is 4. The van der Waals surface area contributed by atoms with E-state index in [1.165, 1.54) is 16.8 Å². The minimum Gasteiger partial charge on any atom is -0.497 e. The van der Waals surface area contributed by atoms with Gasteiger partial charge in [0.05, 0.1) is 25.8 Å². The number of methoxy groups -OCH3 is 1. The molecule has 178 valence electrons. The Kier molecular flexibility index (Phi) is 7.21. The van der Waals surface area contributed by atoms with Crippen molar-refractivity contribution in [2.24, 2.45) is 0 Å². The van der Waals surface area contributed by atoms with Crippen LogP contribution < -0.4 is 20.1 Å². The number of carbonyl (C=O) groups excluding carboxylic acids is 3. The summed E-state index contributed by atoms with van der Waals surface area (Å²) in [5.74, 6) is 0.0543. The van der Waals surface area contributed by atoms with Gasteiger partial charge in [-0.3, -0.25) is 14.4 Å². The molecular formula is C23H26N6O5. The van der Waals surface area contributed by atoms with Crippen LogP contribution in [0.25, 0.3) is 11.0 Å². The Labute approximate surface area is 196 Å². The molecule has 1 aliphatic rings. The number of rotatable bonds is 3. The average Bonchev–Trinajstić information content (AvgIpc) is 3.25. The highest BCUT2D eigenvalue weighted by Gasteiger charge is 2.20. The van der Waals surface area contributed by atoms with Crippen LogP contribution in [0.15, 0.2) is 42.5 Å². The van der Waals surface area contributed by atoms with E-state index in [-0.39, 0.29) is 44.0 Å². The first kappa shape index (κ1) is 23.0. The standard InChI is InChI=1S/C23H26N6O5/c1-33-16-7-8-17-20(13-16)34-12-10-24-21(30)14-28(11-4-9-25-23(17)32)22(31)15-29-26-18-5-2-3-6-19(18)27-29/h2-3,5-8,13H,4,9-12,14-15H2,1H3,(H,24,30)(H,25,32). The van der Waals surface area contributed by atoms with E-state index in [0.29, 0.717) is 47.6 Å². The number of hydrogen-bond acceptors (Lipinski definition) is 7. The molecule has 2 aromatic carbocycles. The molecule has 0 saturated carbocycles. The zero-order valence-electron chi connectivity index (χ0n) is 18.8. The van der Waals surface area contributed by atoms with Gasteiger partial charge in [-0.1, -0.05) is 12.1 Å². The summed E-state index contributed by atoms with van der Waals surface area (Å²) in [7, 11) is 1.53. The van der Waals surface area contributed by atoms with Crippen molar-refractivity contribution in [3.63, 3.8) is 0 Å². The Bertz CT molecular complexity index is 1160. The molecule has 11 nitrogen and oxygen atoms in total. The minimum atomic E-state index is -0.303. The van der Waals surface area contributed by atoms with Crippen molar-refractivity contribution in [2.75, 3.05) is 39.9 Å². The van der Waals surface area contributed by atoms with Crippen LogP contribution in [0.4, 0.5) is 0 Å². The van der Waals surface area contributed by atoms with Crippen LogP contribution in [0.1, 0.15) is 16.8 Å². The van der Waals surface area contributed by atoms with Crippen molar-refractivity contribution in [3.8, 4) is 11.5 Å². The molecule has 34 heavy (non-hydrogen) atoms. The van der Waals surface area contributed by atoms with Crippen molar-refractivity contribution in [1.82, 2.24) is 30.5 Å². The highest BCUT2D eigenvalue weighted by Crippen LogP contribution is 2.25. The molecule has 0 fully saturated rings. The topological polar surface area (TPSA) is 128 Å². The summed E-state index contributed by atoms with van der Waals surface area (Å²) in [5.41, 5.74) is 1.75. The van der Waals surface area contributed by atoms with Crippen LogP contribution in [0.3, 0.4) is 0 Å². The fourth-order valence-electron chi connectivity index (χ4n) is 3.57. The van der Waals surface area contributed by atoms with Crippen molar-refractivity contribution in [3.05, 3.63) is 48.0 Å². The maximum Gasteiger partial charge on any atom is 0.255 e. The molecule has 1 aliphatic heterocycles. The lowest BCUT2D eigenvalue weighted by atomic mass is 10.1. The molecule has 0 bridgehead atoms. The number of hydrogen-bond donors (Lipinski definition) is 2. The number of aromatic nitrogens is 3. The number of fused-ring (bicyclic) bond motifs is 2. The zero-order valence-corrected chi connectivity index (χ0v) is 18.8. The molecule has 3 aromatic rings. The summed E-state index contributed by atoms with van der Waals surface area (Å²) in [6.45, 7) is 0.770. The lowest BCUT2D eigenvalue weighted by Crippen LogP contribution is -2.44. The minimum absolute atomic E-state index is 0.0906. The van der Waals surface area contributed by atoms with Crippen LogP contribution in [0.5, 0.6) is 11.5 Å². The molecule has 1 aromatic heterocycles. The van der Waals surface area contributed by atoms with Gasteiger partial charge < -0.3 is 25.0 Å². The van der Waals surface area contributed by atoms with Gasteiger partial charge in [0.1, 0.15) is 35.7 Å². The van der Waals surface area contributed by atoms with Crippen LogP contribution >= 0.6 is 0 Å².